The minimum absolute atomic E-state index is 0.222. The highest BCUT2D eigenvalue weighted by atomic mass is 35.5. The van der Waals surface area contributed by atoms with E-state index >= 15 is 0 Å². The summed E-state index contributed by atoms with van der Waals surface area (Å²) in [4.78, 5) is 9.01. The first-order chi connectivity index (χ1) is 4.00. The zero-order chi connectivity index (χ0) is 7.86. The summed E-state index contributed by atoms with van der Waals surface area (Å²) in [6.45, 7) is 1.70. The van der Waals surface area contributed by atoms with E-state index in [0.29, 0.717) is 0 Å². The zero-order valence-corrected chi connectivity index (χ0v) is 7.04. The Morgan fingerprint density at radius 3 is 1.78 bits per heavy atom. The van der Waals surface area contributed by atoms with E-state index in [2.05, 4.69) is 0 Å². The number of rotatable bonds is 1. The molecule has 0 unspecified atom stereocenters. The Labute approximate surface area is 68.7 Å². The SMILES string of the molecule is CC(Cl)Cl.O=C(O)CCl. The van der Waals surface area contributed by atoms with Crippen molar-refractivity contribution in [1.82, 2.24) is 0 Å². The summed E-state index contributed by atoms with van der Waals surface area (Å²) in [5.41, 5.74) is 0. The second-order valence-corrected chi connectivity index (χ2v) is 2.85. The van der Waals surface area contributed by atoms with Gasteiger partial charge in [-0.05, 0) is 6.92 Å². The van der Waals surface area contributed by atoms with Gasteiger partial charge in [0.25, 0.3) is 0 Å². The molecular weight excluding hydrogens is 186 g/mol. The lowest BCUT2D eigenvalue weighted by molar-refractivity contribution is -0.134. The Hall–Kier alpha value is 0.340. The van der Waals surface area contributed by atoms with Gasteiger partial charge in [-0.3, -0.25) is 4.79 Å². The highest BCUT2D eigenvalue weighted by molar-refractivity contribution is 6.43. The smallest absolute Gasteiger partial charge is 0.318 e. The van der Waals surface area contributed by atoms with Crippen LogP contribution in [0, 0.1) is 0 Å². The Morgan fingerprint density at radius 2 is 1.78 bits per heavy atom. The van der Waals surface area contributed by atoms with E-state index < -0.39 is 5.97 Å². The third-order valence-corrected chi connectivity index (χ3v) is 0.343. The first-order valence-electron chi connectivity index (χ1n) is 2.06. The fraction of sp³-hybridized carbons (Fsp3) is 0.750. The van der Waals surface area contributed by atoms with Crippen LogP contribution in [0.1, 0.15) is 6.92 Å². The van der Waals surface area contributed by atoms with Crippen molar-refractivity contribution < 1.29 is 9.90 Å². The molecule has 0 spiro atoms. The fourth-order valence-corrected chi connectivity index (χ4v) is 0. The van der Waals surface area contributed by atoms with Crippen LogP contribution in [0.2, 0.25) is 0 Å². The first kappa shape index (κ1) is 12.1. The first-order valence-corrected chi connectivity index (χ1v) is 3.47. The van der Waals surface area contributed by atoms with Crippen LogP contribution in [0.3, 0.4) is 0 Å². The number of carbonyl (C=O) groups is 1. The molecule has 0 radical (unpaired) electrons. The molecule has 0 rings (SSSR count). The Morgan fingerprint density at radius 1 is 1.67 bits per heavy atom. The highest BCUT2D eigenvalue weighted by Gasteiger charge is 1.83. The number of halogens is 3. The van der Waals surface area contributed by atoms with E-state index in [1.807, 2.05) is 0 Å². The van der Waals surface area contributed by atoms with Crippen LogP contribution >= 0.6 is 34.8 Å². The second kappa shape index (κ2) is 8.34. The number of hydrogen-bond donors (Lipinski definition) is 1. The van der Waals surface area contributed by atoms with Crippen molar-refractivity contribution >= 4 is 40.8 Å². The minimum Gasteiger partial charge on any atom is -0.480 e. The maximum absolute atomic E-state index is 9.24. The van der Waals surface area contributed by atoms with Crippen LogP contribution in [0.25, 0.3) is 0 Å². The van der Waals surface area contributed by atoms with Crippen molar-refractivity contribution in [3.63, 3.8) is 0 Å². The maximum Gasteiger partial charge on any atom is 0.318 e. The van der Waals surface area contributed by atoms with Crippen LogP contribution in [-0.4, -0.2) is 21.8 Å². The molecule has 0 aromatic carbocycles. The molecule has 0 aliphatic carbocycles. The van der Waals surface area contributed by atoms with Crippen molar-refractivity contribution in [3.05, 3.63) is 0 Å². The molecule has 0 atom stereocenters. The molecule has 2 nitrogen and oxygen atoms in total. The van der Waals surface area contributed by atoms with E-state index in [1.165, 1.54) is 0 Å². The Balaban J connectivity index is 0. The minimum atomic E-state index is -0.980. The summed E-state index contributed by atoms with van der Waals surface area (Å²) in [6.07, 6.45) is 0. The Kier molecular flexibility index (Phi) is 11.2. The average molecular weight is 193 g/mol. The molecule has 0 fully saturated rings. The standard InChI is InChI=1S/C2H4Cl2.C2H3ClO2/c1-2(3)4;3-1-2(4)5/h2H,1H3;1H2,(H,4,5). The largest absolute Gasteiger partial charge is 0.480 e. The normalized spacial score (nSPS) is 8.11. The van der Waals surface area contributed by atoms with Gasteiger partial charge in [0.05, 0.1) is 0 Å². The molecule has 1 N–H and O–H groups in total. The van der Waals surface area contributed by atoms with Crippen LogP contribution in [-0.2, 0) is 4.79 Å². The van der Waals surface area contributed by atoms with Crippen molar-refractivity contribution in [3.8, 4) is 0 Å². The number of hydrogen-bond acceptors (Lipinski definition) is 1. The van der Waals surface area contributed by atoms with Crippen molar-refractivity contribution in [1.29, 1.82) is 0 Å². The molecular formula is C4H7Cl3O2. The van der Waals surface area contributed by atoms with Gasteiger partial charge in [0.15, 0.2) is 0 Å². The van der Waals surface area contributed by atoms with Gasteiger partial charge in [-0.1, -0.05) is 0 Å². The molecule has 0 saturated carbocycles. The lowest BCUT2D eigenvalue weighted by atomic mass is 10.8. The van der Waals surface area contributed by atoms with E-state index in [0.717, 1.165) is 0 Å². The van der Waals surface area contributed by atoms with Gasteiger partial charge in [0.1, 0.15) is 10.7 Å². The van der Waals surface area contributed by atoms with Gasteiger partial charge in [-0.2, -0.15) is 0 Å². The van der Waals surface area contributed by atoms with E-state index in [1.54, 1.807) is 6.92 Å². The van der Waals surface area contributed by atoms with E-state index in [-0.39, 0.29) is 10.7 Å². The maximum atomic E-state index is 9.24. The van der Waals surface area contributed by atoms with Crippen molar-refractivity contribution in [2.75, 3.05) is 5.88 Å². The van der Waals surface area contributed by atoms with Gasteiger partial charge in [-0.15, -0.1) is 34.8 Å². The van der Waals surface area contributed by atoms with Crippen LogP contribution in [0.4, 0.5) is 0 Å². The van der Waals surface area contributed by atoms with Gasteiger partial charge >= 0.3 is 5.97 Å². The summed E-state index contributed by atoms with van der Waals surface area (Å²) in [5.74, 6) is -1.29. The number of carboxylic acids is 1. The van der Waals surface area contributed by atoms with Crippen LogP contribution in [0.5, 0.6) is 0 Å². The zero-order valence-electron chi connectivity index (χ0n) is 4.77. The van der Waals surface area contributed by atoms with E-state index in [4.69, 9.17) is 39.9 Å². The van der Waals surface area contributed by atoms with Crippen LogP contribution in [0.15, 0.2) is 0 Å². The lowest BCUT2D eigenvalue weighted by Gasteiger charge is -1.72. The van der Waals surface area contributed by atoms with Gasteiger partial charge < -0.3 is 5.11 Å². The second-order valence-electron chi connectivity index (χ2n) is 1.05. The topological polar surface area (TPSA) is 37.3 Å². The quantitative estimate of drug-likeness (QED) is 0.648. The fourth-order valence-electron chi connectivity index (χ4n) is 0. The third-order valence-electron chi connectivity index (χ3n) is 0.114. The monoisotopic (exact) mass is 192 g/mol. The molecule has 0 amide bonds. The van der Waals surface area contributed by atoms with Gasteiger partial charge in [0, 0.05) is 0 Å². The number of alkyl halides is 3. The molecule has 0 bridgehead atoms. The molecule has 0 aliphatic heterocycles. The summed E-state index contributed by atoms with van der Waals surface area (Å²) >= 11 is 14.8. The average Bonchev–Trinajstić information content (AvgIpc) is 1.65. The predicted octanol–water partition coefficient (Wildman–Crippen LogP) is 2.12. The van der Waals surface area contributed by atoms with Gasteiger partial charge in [-0.25, -0.2) is 0 Å². The lowest BCUT2D eigenvalue weighted by Crippen LogP contribution is -1.92. The molecule has 56 valence electrons. The third kappa shape index (κ3) is 61.2. The molecule has 0 saturated heterocycles. The predicted molar refractivity (Wildman–Crippen MR) is 39.5 cm³/mol. The molecule has 0 aromatic heterocycles. The number of aliphatic carboxylic acids is 1. The van der Waals surface area contributed by atoms with Crippen LogP contribution < -0.4 is 0 Å². The summed E-state index contributed by atoms with van der Waals surface area (Å²) in [5, 5.41) is 7.59. The van der Waals surface area contributed by atoms with E-state index in [9.17, 15) is 4.79 Å². The van der Waals surface area contributed by atoms with Crippen molar-refractivity contribution in [2.45, 2.75) is 11.8 Å². The number of carboxylic acid groups (broad SMARTS) is 1. The molecule has 5 heteroatoms. The molecule has 0 aromatic rings. The van der Waals surface area contributed by atoms with Crippen molar-refractivity contribution in [2.24, 2.45) is 0 Å². The highest BCUT2D eigenvalue weighted by Crippen LogP contribution is 1.95. The molecule has 0 aliphatic rings. The molecule has 9 heavy (non-hydrogen) atoms. The summed E-state index contributed by atoms with van der Waals surface area (Å²) in [6, 6.07) is 0. The summed E-state index contributed by atoms with van der Waals surface area (Å²) < 4.78 is 0. The Bertz CT molecular complexity index is 71.5. The molecule has 0 heterocycles. The summed E-state index contributed by atoms with van der Waals surface area (Å²) in [7, 11) is 0. The van der Waals surface area contributed by atoms with Gasteiger partial charge in [0.2, 0.25) is 0 Å².